The Morgan fingerprint density at radius 3 is 2.57 bits per heavy atom. The van der Waals surface area contributed by atoms with Gasteiger partial charge in [0.25, 0.3) is 0 Å². The summed E-state index contributed by atoms with van der Waals surface area (Å²) >= 11 is 0. The number of para-hydroxylation sites is 1. The van der Waals surface area contributed by atoms with Gasteiger partial charge in [0.1, 0.15) is 17.1 Å². The number of phenolic OH excluding ortho intramolecular Hbond substituents is 1. The molecule has 3 aliphatic rings. The van der Waals surface area contributed by atoms with E-state index < -0.39 is 5.60 Å². The predicted octanol–water partition coefficient (Wildman–Crippen LogP) is 5.06. The second-order valence-electron chi connectivity index (χ2n) is 9.67. The molecule has 2 aromatic rings. The number of rotatable bonds is 2. The van der Waals surface area contributed by atoms with Crippen molar-refractivity contribution >= 4 is 0 Å². The van der Waals surface area contributed by atoms with Gasteiger partial charge in [-0.1, -0.05) is 31.2 Å². The fourth-order valence-electron chi connectivity index (χ4n) is 6.97. The molecule has 0 aromatic heterocycles. The van der Waals surface area contributed by atoms with Crippen molar-refractivity contribution in [2.24, 2.45) is 17.3 Å². The van der Waals surface area contributed by atoms with Gasteiger partial charge in [0.15, 0.2) is 0 Å². The molecule has 3 nitrogen and oxygen atoms in total. The summed E-state index contributed by atoms with van der Waals surface area (Å²) < 4.78 is 6.75. The number of aryl methyl sites for hydroxylation is 1. The third-order valence-electron chi connectivity index (χ3n) is 8.00. The van der Waals surface area contributed by atoms with Gasteiger partial charge in [0.2, 0.25) is 0 Å². The minimum atomic E-state index is -0.394. The topological polar surface area (TPSA) is 49.7 Å². The largest absolute Gasteiger partial charge is 0.508 e. The highest BCUT2D eigenvalue weighted by atomic mass is 16.5. The van der Waals surface area contributed by atoms with E-state index in [1.165, 1.54) is 11.1 Å². The smallest absolute Gasteiger partial charge is 0.120 e. The van der Waals surface area contributed by atoms with Crippen LogP contribution in [0.5, 0.6) is 11.5 Å². The number of aliphatic hydroxyl groups is 1. The summed E-state index contributed by atoms with van der Waals surface area (Å²) in [5.74, 6) is 2.55. The van der Waals surface area contributed by atoms with Gasteiger partial charge < -0.3 is 14.9 Å². The van der Waals surface area contributed by atoms with Crippen LogP contribution in [-0.4, -0.2) is 21.9 Å². The van der Waals surface area contributed by atoms with Crippen LogP contribution < -0.4 is 4.74 Å². The summed E-state index contributed by atoms with van der Waals surface area (Å²) in [6.45, 7) is 4.52. The Hall–Kier alpha value is -2.00. The molecule has 0 spiro atoms. The van der Waals surface area contributed by atoms with Gasteiger partial charge in [-0.25, -0.2) is 0 Å². The first-order valence-corrected chi connectivity index (χ1v) is 10.6. The maximum atomic E-state index is 10.9. The van der Waals surface area contributed by atoms with E-state index in [2.05, 4.69) is 19.9 Å². The van der Waals surface area contributed by atoms with Crippen LogP contribution in [0.2, 0.25) is 0 Å². The lowest BCUT2D eigenvalue weighted by molar-refractivity contribution is -0.117. The van der Waals surface area contributed by atoms with Crippen molar-refractivity contribution in [2.45, 2.75) is 63.6 Å². The zero-order valence-corrected chi connectivity index (χ0v) is 16.8. The lowest BCUT2D eigenvalue weighted by Gasteiger charge is -2.58. The van der Waals surface area contributed by atoms with Crippen LogP contribution in [0.3, 0.4) is 0 Å². The molecule has 2 fully saturated rings. The molecule has 0 unspecified atom stereocenters. The summed E-state index contributed by atoms with van der Waals surface area (Å²) in [6.07, 6.45) is 4.69. The maximum Gasteiger partial charge on any atom is 0.120 e. The predicted molar refractivity (Wildman–Crippen MR) is 110 cm³/mol. The molecule has 0 amide bonds. The van der Waals surface area contributed by atoms with Crippen LogP contribution >= 0.6 is 0 Å². The number of hydrogen-bond acceptors (Lipinski definition) is 3. The number of benzene rings is 2. The molecule has 0 saturated heterocycles. The monoisotopic (exact) mass is 378 g/mol. The molecule has 5 rings (SSSR count). The van der Waals surface area contributed by atoms with E-state index in [9.17, 15) is 10.2 Å². The van der Waals surface area contributed by atoms with Crippen molar-refractivity contribution < 1.29 is 14.9 Å². The Labute approximate surface area is 167 Å². The van der Waals surface area contributed by atoms with E-state index in [0.717, 1.165) is 37.9 Å². The Bertz CT molecular complexity index is 879. The first-order chi connectivity index (χ1) is 13.4. The SMILES string of the molecule is C[C@]12C[C@@](C)(Oc3ccccc3)[C@@H]3c4ccc(O)cc4CC[C@H]3[C@@H]1CC[C@@H]2O. The first-order valence-electron chi connectivity index (χ1n) is 10.6. The molecular weight excluding hydrogens is 348 g/mol. The molecule has 6 atom stereocenters. The van der Waals surface area contributed by atoms with E-state index in [0.29, 0.717) is 17.6 Å². The second-order valence-corrected chi connectivity index (χ2v) is 9.67. The number of phenols is 1. The van der Waals surface area contributed by atoms with Crippen LogP contribution in [0.1, 0.15) is 56.6 Å². The number of hydrogen-bond donors (Lipinski definition) is 2. The quantitative estimate of drug-likeness (QED) is 0.768. The van der Waals surface area contributed by atoms with Crippen molar-refractivity contribution in [1.82, 2.24) is 0 Å². The Balaban J connectivity index is 1.63. The van der Waals surface area contributed by atoms with Crippen molar-refractivity contribution in [3.8, 4) is 11.5 Å². The lowest BCUT2D eigenvalue weighted by atomic mass is 9.50. The van der Waals surface area contributed by atoms with Crippen LogP contribution in [0.4, 0.5) is 0 Å². The van der Waals surface area contributed by atoms with Gasteiger partial charge in [-0.15, -0.1) is 0 Å². The van der Waals surface area contributed by atoms with Gasteiger partial charge in [-0.05, 0) is 86.3 Å². The van der Waals surface area contributed by atoms with E-state index in [4.69, 9.17) is 4.74 Å². The van der Waals surface area contributed by atoms with E-state index in [-0.39, 0.29) is 17.4 Å². The summed E-state index contributed by atoms with van der Waals surface area (Å²) in [6, 6.07) is 16.0. The zero-order chi connectivity index (χ0) is 19.5. The molecule has 3 heteroatoms. The Morgan fingerprint density at radius 1 is 1.00 bits per heavy atom. The van der Waals surface area contributed by atoms with Crippen LogP contribution in [-0.2, 0) is 6.42 Å². The maximum absolute atomic E-state index is 10.9. The van der Waals surface area contributed by atoms with Crippen LogP contribution in [0.15, 0.2) is 48.5 Å². The standard InChI is InChI=1S/C25H30O3/c1-24-15-25(2,28-18-6-4-3-5-7-18)23-19-11-9-17(26)14-16(19)8-10-20(23)21(24)12-13-22(24)27/h3-7,9,11,14,20-23,26-27H,8,10,12-13,15H2,1-2H3/t20-,21-,22-,23+,24-,25+/m0/s1. The van der Waals surface area contributed by atoms with Crippen molar-refractivity contribution in [2.75, 3.05) is 0 Å². The lowest BCUT2D eigenvalue weighted by Crippen LogP contribution is -2.57. The third-order valence-corrected chi connectivity index (χ3v) is 8.00. The number of ether oxygens (including phenoxy) is 1. The van der Waals surface area contributed by atoms with Gasteiger partial charge in [-0.3, -0.25) is 0 Å². The molecular formula is C25H30O3. The third kappa shape index (κ3) is 2.59. The van der Waals surface area contributed by atoms with Crippen LogP contribution in [0, 0.1) is 17.3 Å². The summed E-state index contributed by atoms with van der Waals surface area (Å²) in [5.41, 5.74) is 2.09. The number of fused-ring (bicyclic) bond motifs is 5. The molecule has 2 aromatic carbocycles. The second kappa shape index (κ2) is 6.25. The molecule has 3 aliphatic carbocycles. The fourth-order valence-corrected chi connectivity index (χ4v) is 6.97. The summed E-state index contributed by atoms with van der Waals surface area (Å²) in [4.78, 5) is 0. The highest BCUT2D eigenvalue weighted by Crippen LogP contribution is 2.64. The summed E-state index contributed by atoms with van der Waals surface area (Å²) in [7, 11) is 0. The molecule has 0 radical (unpaired) electrons. The van der Waals surface area contributed by atoms with E-state index >= 15 is 0 Å². The molecule has 148 valence electrons. The fraction of sp³-hybridized carbons (Fsp3) is 0.520. The van der Waals surface area contributed by atoms with Gasteiger partial charge >= 0.3 is 0 Å². The van der Waals surface area contributed by atoms with Gasteiger partial charge in [0, 0.05) is 11.3 Å². The molecule has 0 bridgehead atoms. The highest BCUT2D eigenvalue weighted by molar-refractivity contribution is 5.42. The highest BCUT2D eigenvalue weighted by Gasteiger charge is 2.62. The van der Waals surface area contributed by atoms with Crippen molar-refractivity contribution in [1.29, 1.82) is 0 Å². The number of aromatic hydroxyl groups is 1. The minimum absolute atomic E-state index is 0.0981. The zero-order valence-electron chi connectivity index (χ0n) is 16.8. The molecule has 2 N–H and O–H groups in total. The van der Waals surface area contributed by atoms with E-state index in [1.807, 2.05) is 42.5 Å². The van der Waals surface area contributed by atoms with Gasteiger partial charge in [-0.2, -0.15) is 0 Å². The number of aliphatic hydroxyl groups excluding tert-OH is 1. The average molecular weight is 379 g/mol. The molecule has 0 aliphatic heterocycles. The normalized spacial score (nSPS) is 39.0. The van der Waals surface area contributed by atoms with Crippen LogP contribution in [0.25, 0.3) is 0 Å². The average Bonchev–Trinajstić information content (AvgIpc) is 2.96. The minimum Gasteiger partial charge on any atom is -0.508 e. The Kier molecular flexibility index (Phi) is 4.03. The molecule has 2 saturated carbocycles. The molecule has 0 heterocycles. The van der Waals surface area contributed by atoms with Crippen molar-refractivity contribution in [3.63, 3.8) is 0 Å². The van der Waals surface area contributed by atoms with Gasteiger partial charge in [0.05, 0.1) is 6.10 Å². The first kappa shape index (κ1) is 18.1. The van der Waals surface area contributed by atoms with Crippen molar-refractivity contribution in [3.05, 3.63) is 59.7 Å². The molecule has 28 heavy (non-hydrogen) atoms. The Morgan fingerprint density at radius 2 is 1.79 bits per heavy atom. The van der Waals surface area contributed by atoms with E-state index in [1.54, 1.807) is 0 Å². The summed E-state index contributed by atoms with van der Waals surface area (Å²) in [5, 5.41) is 20.9.